The molecular weight excluding hydrogens is 566 g/mol. The first kappa shape index (κ1) is 28.8. The number of nitrogens with one attached hydrogen (secondary N) is 1. The molecule has 3 aromatic rings. The molecule has 1 saturated heterocycles. The van der Waals surface area contributed by atoms with E-state index in [1.807, 2.05) is 0 Å². The number of nitrogens with zero attached hydrogens (tertiary/aromatic N) is 2. The number of carbonyl (C=O) groups excluding carboxylic acids is 1. The Balaban J connectivity index is 1.69. The van der Waals surface area contributed by atoms with Crippen molar-refractivity contribution < 1.29 is 39.1 Å². The number of para-hydroxylation sites is 1. The van der Waals surface area contributed by atoms with Gasteiger partial charge in [-0.1, -0.05) is 41.9 Å². The molecule has 1 amide bonds. The number of hydrogen-bond donors (Lipinski definition) is 3. The maximum absolute atomic E-state index is 13.6. The van der Waals surface area contributed by atoms with E-state index < -0.39 is 35.6 Å². The van der Waals surface area contributed by atoms with Crippen LogP contribution >= 0.6 is 22.9 Å². The third kappa shape index (κ3) is 6.50. The van der Waals surface area contributed by atoms with Crippen molar-refractivity contribution in [2.24, 2.45) is 5.92 Å². The number of thiophene rings is 1. The minimum Gasteiger partial charge on any atom is -0.480 e. The molecule has 0 aliphatic carbocycles. The van der Waals surface area contributed by atoms with Gasteiger partial charge in [0.15, 0.2) is 28.4 Å². The van der Waals surface area contributed by atoms with Crippen LogP contribution < -0.4 is 19.8 Å². The fraction of sp³-hybridized carbons (Fsp3) is 0.269. The maximum Gasteiger partial charge on any atom is 0.349 e. The summed E-state index contributed by atoms with van der Waals surface area (Å²) in [5.74, 6) is -3.86. The number of carbonyl (C=O) groups is 3. The Bertz CT molecular complexity index is 1410. The van der Waals surface area contributed by atoms with Crippen LogP contribution in [0.3, 0.4) is 0 Å². The van der Waals surface area contributed by atoms with E-state index in [1.165, 1.54) is 18.2 Å². The summed E-state index contributed by atoms with van der Waals surface area (Å²) in [7, 11) is 0. The van der Waals surface area contributed by atoms with Crippen LogP contribution in [0.4, 0.5) is 5.69 Å². The van der Waals surface area contributed by atoms with E-state index in [0.29, 0.717) is 36.5 Å². The van der Waals surface area contributed by atoms with Crippen molar-refractivity contribution in [3.05, 3.63) is 74.6 Å². The SMILES string of the molecule is O=C(O)COc1c(C(=O)O)sc(-c2cccc(OC(C(=O)N(c3ccccc3)[N+](=O)[O-])C3CCNCC3)c2)c1Cl. The van der Waals surface area contributed by atoms with Gasteiger partial charge in [-0.05, 0) is 60.8 Å². The first-order valence-corrected chi connectivity index (χ1v) is 13.3. The lowest BCUT2D eigenvalue weighted by atomic mass is 9.91. The Kier molecular flexibility index (Phi) is 9.19. The van der Waals surface area contributed by atoms with Crippen molar-refractivity contribution in [1.29, 1.82) is 0 Å². The van der Waals surface area contributed by atoms with Crippen molar-refractivity contribution in [3.63, 3.8) is 0 Å². The molecular formula is C26H24ClN3O9S. The number of halogens is 1. The molecule has 14 heteroatoms. The molecule has 210 valence electrons. The van der Waals surface area contributed by atoms with Gasteiger partial charge in [0.2, 0.25) is 0 Å². The molecule has 1 fully saturated rings. The van der Waals surface area contributed by atoms with Crippen LogP contribution in [0.15, 0.2) is 54.6 Å². The lowest BCUT2D eigenvalue weighted by Crippen LogP contribution is -2.50. The molecule has 1 unspecified atom stereocenters. The predicted octanol–water partition coefficient (Wildman–Crippen LogP) is 4.20. The Morgan fingerprint density at radius 3 is 2.45 bits per heavy atom. The van der Waals surface area contributed by atoms with E-state index in [0.717, 1.165) is 11.3 Å². The molecule has 1 aliphatic rings. The highest BCUT2D eigenvalue weighted by Gasteiger charge is 2.40. The van der Waals surface area contributed by atoms with Gasteiger partial charge >= 0.3 is 17.8 Å². The zero-order valence-electron chi connectivity index (χ0n) is 20.8. The molecule has 1 atom stereocenters. The van der Waals surface area contributed by atoms with Gasteiger partial charge in [-0.25, -0.2) is 19.7 Å². The van der Waals surface area contributed by atoms with Crippen LogP contribution in [-0.2, 0) is 9.59 Å². The number of aliphatic carboxylic acids is 1. The fourth-order valence-corrected chi connectivity index (χ4v) is 5.73. The number of anilines is 1. The van der Waals surface area contributed by atoms with Gasteiger partial charge in [-0.3, -0.25) is 4.79 Å². The summed E-state index contributed by atoms with van der Waals surface area (Å²) >= 11 is 7.20. The number of rotatable bonds is 11. The van der Waals surface area contributed by atoms with Gasteiger partial charge in [-0.15, -0.1) is 11.3 Å². The molecule has 12 nitrogen and oxygen atoms in total. The number of nitro groups is 1. The molecule has 0 spiro atoms. The normalized spacial score (nSPS) is 14.2. The topological polar surface area (TPSA) is 169 Å². The molecule has 0 bridgehead atoms. The largest absolute Gasteiger partial charge is 0.480 e. The Hall–Kier alpha value is -4.20. The minimum absolute atomic E-state index is 0.0876. The number of benzene rings is 2. The molecule has 3 N–H and O–H groups in total. The second kappa shape index (κ2) is 12.8. The van der Waals surface area contributed by atoms with Crippen LogP contribution in [0.25, 0.3) is 10.4 Å². The number of carboxylic acid groups (broad SMARTS) is 2. The van der Waals surface area contributed by atoms with Crippen molar-refractivity contribution in [2.75, 3.05) is 24.7 Å². The summed E-state index contributed by atoms with van der Waals surface area (Å²) < 4.78 is 11.3. The predicted molar refractivity (Wildman–Crippen MR) is 146 cm³/mol. The number of hydrogen-bond acceptors (Lipinski definition) is 9. The van der Waals surface area contributed by atoms with E-state index in [-0.39, 0.29) is 37.9 Å². The van der Waals surface area contributed by atoms with E-state index in [9.17, 15) is 29.6 Å². The van der Waals surface area contributed by atoms with E-state index in [1.54, 1.807) is 36.4 Å². The lowest BCUT2D eigenvalue weighted by Gasteiger charge is -2.31. The molecule has 2 heterocycles. The van der Waals surface area contributed by atoms with Crippen LogP contribution in [0.5, 0.6) is 11.5 Å². The summed E-state index contributed by atoms with van der Waals surface area (Å²) in [5, 5.41) is 33.3. The molecule has 1 aromatic heterocycles. The molecule has 0 saturated carbocycles. The van der Waals surface area contributed by atoms with Crippen LogP contribution in [0.1, 0.15) is 22.5 Å². The van der Waals surface area contributed by atoms with Gasteiger partial charge in [-0.2, -0.15) is 0 Å². The molecule has 2 aromatic carbocycles. The lowest BCUT2D eigenvalue weighted by molar-refractivity contribution is -0.484. The van der Waals surface area contributed by atoms with Crippen molar-refractivity contribution in [1.82, 2.24) is 5.32 Å². The molecule has 4 rings (SSSR count). The van der Waals surface area contributed by atoms with E-state index in [4.69, 9.17) is 26.2 Å². The average Bonchev–Trinajstić information content (AvgIpc) is 3.28. The van der Waals surface area contributed by atoms with Gasteiger partial charge in [0.05, 0.1) is 4.88 Å². The van der Waals surface area contributed by atoms with Crippen LogP contribution in [-0.4, -0.2) is 58.9 Å². The number of ether oxygens (including phenoxy) is 2. The zero-order valence-corrected chi connectivity index (χ0v) is 22.4. The smallest absolute Gasteiger partial charge is 0.349 e. The first-order valence-electron chi connectivity index (χ1n) is 12.1. The van der Waals surface area contributed by atoms with E-state index >= 15 is 0 Å². The number of piperidine rings is 1. The average molecular weight is 590 g/mol. The second-order valence-corrected chi connectivity index (χ2v) is 10.2. The highest BCUT2D eigenvalue weighted by Crippen LogP contribution is 2.46. The van der Waals surface area contributed by atoms with E-state index in [2.05, 4.69) is 5.32 Å². The third-order valence-electron chi connectivity index (χ3n) is 6.13. The van der Waals surface area contributed by atoms with Crippen molar-refractivity contribution in [3.8, 4) is 21.9 Å². The molecule has 40 heavy (non-hydrogen) atoms. The Morgan fingerprint density at radius 2 is 1.82 bits per heavy atom. The molecule has 1 aliphatic heterocycles. The number of amides is 1. The Labute approximate surface area is 236 Å². The summed E-state index contributed by atoms with van der Waals surface area (Å²) in [6.45, 7) is 0.445. The zero-order chi connectivity index (χ0) is 28.8. The standard InChI is InChI=1S/C26H24ClN3O9S/c27-20-22(38-14-19(31)32)24(26(34)35)40-23(20)16-5-4-8-18(13-16)39-21(15-9-11-28-12-10-15)25(33)29(30(36)37)17-6-2-1-3-7-17/h1-8,13,15,21,28H,9-12,14H2,(H,31,32)(H,34,35). The van der Waals surface area contributed by atoms with Gasteiger partial charge in [0.1, 0.15) is 16.5 Å². The summed E-state index contributed by atoms with van der Waals surface area (Å²) in [4.78, 5) is 48.3. The summed E-state index contributed by atoms with van der Waals surface area (Å²) in [6.07, 6.45) is -0.0791. The maximum atomic E-state index is 13.6. The fourth-order valence-electron chi connectivity index (χ4n) is 4.33. The van der Waals surface area contributed by atoms with Gasteiger partial charge < -0.3 is 25.0 Å². The number of hydrazine groups is 1. The third-order valence-corrected chi connectivity index (χ3v) is 7.81. The summed E-state index contributed by atoms with van der Waals surface area (Å²) in [6, 6.07) is 14.1. The number of aromatic carboxylic acids is 1. The van der Waals surface area contributed by atoms with Crippen LogP contribution in [0.2, 0.25) is 5.02 Å². The van der Waals surface area contributed by atoms with Gasteiger partial charge in [0.25, 0.3) is 0 Å². The monoisotopic (exact) mass is 589 g/mol. The minimum atomic E-state index is -1.34. The highest BCUT2D eigenvalue weighted by molar-refractivity contribution is 7.18. The Morgan fingerprint density at radius 1 is 1.12 bits per heavy atom. The van der Waals surface area contributed by atoms with Crippen molar-refractivity contribution in [2.45, 2.75) is 18.9 Å². The van der Waals surface area contributed by atoms with Crippen molar-refractivity contribution >= 4 is 46.5 Å². The van der Waals surface area contributed by atoms with Crippen LogP contribution in [0, 0.1) is 16.0 Å². The van der Waals surface area contributed by atoms with Gasteiger partial charge in [0, 0.05) is 5.92 Å². The number of carboxylic acids is 2. The highest BCUT2D eigenvalue weighted by atomic mass is 35.5. The quantitative estimate of drug-likeness (QED) is 0.218. The second-order valence-electron chi connectivity index (χ2n) is 8.77. The molecule has 0 radical (unpaired) electrons. The summed E-state index contributed by atoms with van der Waals surface area (Å²) in [5.41, 5.74) is 0.514. The first-order chi connectivity index (χ1) is 19.2.